The number of hydrogen-bond donors (Lipinski definition) is 3. The average Bonchev–Trinajstić information content (AvgIpc) is 2.88. The fraction of sp³-hybridized carbons (Fsp3) is 0.385. The van der Waals surface area contributed by atoms with Crippen LogP contribution in [0.1, 0.15) is 36.9 Å². The quantitative estimate of drug-likeness (QED) is 0.517. The molecule has 9 nitrogen and oxygen atoms in total. The Labute approximate surface area is 204 Å². The number of aliphatic hydroxyl groups is 1. The predicted octanol–water partition coefficient (Wildman–Crippen LogP) is 2.45. The first-order valence-corrected chi connectivity index (χ1v) is 12.0. The molecule has 2 aromatic carbocycles. The predicted molar refractivity (Wildman–Crippen MR) is 133 cm³/mol. The molecule has 1 aromatic heterocycles. The molecule has 3 aromatic rings. The Morgan fingerprint density at radius 2 is 1.80 bits per heavy atom. The second kappa shape index (κ2) is 9.87. The molecular weight excluding hydrogens is 444 g/mol. The van der Waals surface area contributed by atoms with Gasteiger partial charge in [0, 0.05) is 38.2 Å². The minimum atomic E-state index is -0.252. The van der Waals surface area contributed by atoms with Crippen LogP contribution in [0.5, 0.6) is 5.75 Å². The first-order valence-electron chi connectivity index (χ1n) is 12.0. The maximum absolute atomic E-state index is 11.5. The van der Waals surface area contributed by atoms with E-state index in [0.717, 1.165) is 24.8 Å². The van der Waals surface area contributed by atoms with E-state index in [1.54, 1.807) is 25.1 Å². The molecule has 0 radical (unpaired) electrons. The molecule has 0 saturated carbocycles. The van der Waals surface area contributed by atoms with Crippen LogP contribution in [0.3, 0.4) is 0 Å². The number of amides is 1. The van der Waals surface area contributed by atoms with E-state index in [4.69, 9.17) is 15.0 Å². The number of fused-ring (bicyclic) bond motifs is 1. The highest BCUT2D eigenvalue weighted by molar-refractivity contribution is 5.73. The van der Waals surface area contributed by atoms with Crippen LogP contribution in [0, 0.1) is 0 Å². The highest BCUT2D eigenvalue weighted by atomic mass is 16.3. The number of rotatable bonds is 5. The summed E-state index contributed by atoms with van der Waals surface area (Å²) in [7, 11) is 0. The van der Waals surface area contributed by atoms with Crippen LogP contribution in [0.4, 0.5) is 11.9 Å². The lowest BCUT2D eigenvalue weighted by atomic mass is 9.93. The number of carbonyl (C=O) groups excluding carboxylic acids is 1. The summed E-state index contributed by atoms with van der Waals surface area (Å²) in [6.07, 6.45) is 2.44. The largest absolute Gasteiger partial charge is 0.508 e. The Kier molecular flexibility index (Phi) is 6.50. The number of phenolic OH excluding ortho intramolecular Hbond substituents is 1. The molecule has 0 aliphatic carbocycles. The van der Waals surface area contributed by atoms with Gasteiger partial charge in [0.1, 0.15) is 5.75 Å². The Morgan fingerprint density at radius 3 is 2.54 bits per heavy atom. The zero-order valence-electron chi connectivity index (χ0n) is 19.8. The Bertz CT molecular complexity index is 1210. The highest BCUT2D eigenvalue weighted by Gasteiger charge is 2.30. The molecule has 1 unspecified atom stereocenters. The van der Waals surface area contributed by atoms with Crippen LogP contribution in [0.25, 0.3) is 11.4 Å². The second-order valence-corrected chi connectivity index (χ2v) is 9.11. The van der Waals surface area contributed by atoms with Crippen molar-refractivity contribution in [2.75, 3.05) is 36.0 Å². The number of carbonyl (C=O) groups is 1. The molecule has 5 rings (SSSR count). The molecular formula is C26H30N6O3. The Balaban J connectivity index is 1.51. The van der Waals surface area contributed by atoms with E-state index in [0.29, 0.717) is 42.9 Å². The smallest absolute Gasteiger partial charge is 0.231 e. The molecule has 3 N–H and O–H groups in total. The molecule has 35 heavy (non-hydrogen) atoms. The molecule has 1 amide bonds. The van der Waals surface area contributed by atoms with Crippen molar-refractivity contribution in [2.45, 2.75) is 38.3 Å². The number of aliphatic hydroxyl groups excluding tert-OH is 1. The minimum Gasteiger partial charge on any atom is -0.508 e. The number of aromatic nitrogens is 3. The van der Waals surface area contributed by atoms with E-state index in [9.17, 15) is 15.0 Å². The third-order valence-corrected chi connectivity index (χ3v) is 6.74. The molecule has 1 fully saturated rings. The van der Waals surface area contributed by atoms with Crippen molar-refractivity contribution in [1.82, 2.24) is 20.3 Å². The maximum atomic E-state index is 11.5. The van der Waals surface area contributed by atoms with Crippen molar-refractivity contribution in [2.24, 2.45) is 0 Å². The van der Waals surface area contributed by atoms with Crippen LogP contribution in [0.15, 0.2) is 48.5 Å². The second-order valence-electron chi connectivity index (χ2n) is 9.11. The summed E-state index contributed by atoms with van der Waals surface area (Å²) in [5.41, 5.74) is 3.00. The Morgan fingerprint density at radius 1 is 1.03 bits per heavy atom. The van der Waals surface area contributed by atoms with Gasteiger partial charge in [-0.3, -0.25) is 4.79 Å². The third kappa shape index (κ3) is 4.90. The van der Waals surface area contributed by atoms with Gasteiger partial charge in [0.15, 0.2) is 5.82 Å². The monoisotopic (exact) mass is 474 g/mol. The number of nitrogens with zero attached hydrogens (tertiary/aromatic N) is 5. The molecule has 1 atom stereocenters. The van der Waals surface area contributed by atoms with Gasteiger partial charge in [-0.1, -0.05) is 36.4 Å². The number of phenols is 1. The number of hydrogen-bond acceptors (Lipinski definition) is 8. The Hall–Kier alpha value is -3.72. The summed E-state index contributed by atoms with van der Waals surface area (Å²) in [6, 6.07) is 14.9. The van der Waals surface area contributed by atoms with Crippen LogP contribution >= 0.6 is 0 Å². The van der Waals surface area contributed by atoms with Gasteiger partial charge in [-0.15, -0.1) is 0 Å². The summed E-state index contributed by atoms with van der Waals surface area (Å²) < 4.78 is 0. The van der Waals surface area contributed by atoms with Gasteiger partial charge in [-0.2, -0.15) is 15.0 Å². The standard InChI is InChI=1S/C26H30N6O3/c1-17(34)27-20-10-12-31(13-11-20)25-28-24(19-6-4-7-21(35)15-19)29-26(30-25)32-14-9-18-5-2-3-8-22(18)23(32)16-33/h2-8,15,20,23,33,35H,9-14,16H2,1H3,(H,27,34). The van der Waals surface area contributed by atoms with Gasteiger partial charge in [-0.05, 0) is 42.5 Å². The minimum absolute atomic E-state index is 0.0162. The van der Waals surface area contributed by atoms with Crippen molar-refractivity contribution in [1.29, 1.82) is 0 Å². The number of benzene rings is 2. The van der Waals surface area contributed by atoms with E-state index in [1.165, 1.54) is 5.56 Å². The lowest BCUT2D eigenvalue weighted by Gasteiger charge is -2.37. The molecule has 0 bridgehead atoms. The summed E-state index contributed by atoms with van der Waals surface area (Å²) in [4.78, 5) is 30.0. The summed E-state index contributed by atoms with van der Waals surface area (Å²) in [5.74, 6) is 1.66. The SMILES string of the molecule is CC(=O)NC1CCN(c2nc(-c3cccc(O)c3)nc(N3CCc4ccccc4C3CO)n2)CC1. The van der Waals surface area contributed by atoms with Crippen LogP contribution in [-0.2, 0) is 11.2 Å². The average molecular weight is 475 g/mol. The molecule has 182 valence electrons. The van der Waals surface area contributed by atoms with Gasteiger partial charge in [0.05, 0.1) is 12.6 Å². The zero-order valence-corrected chi connectivity index (χ0v) is 19.8. The number of aromatic hydroxyl groups is 1. The van der Waals surface area contributed by atoms with Crippen molar-refractivity contribution in [3.63, 3.8) is 0 Å². The number of anilines is 2. The molecule has 3 heterocycles. The van der Waals surface area contributed by atoms with Gasteiger partial charge in [0.2, 0.25) is 17.8 Å². The lowest BCUT2D eigenvalue weighted by molar-refractivity contribution is -0.119. The van der Waals surface area contributed by atoms with Crippen molar-refractivity contribution in [3.05, 3.63) is 59.7 Å². The van der Waals surface area contributed by atoms with Crippen LogP contribution in [0.2, 0.25) is 0 Å². The summed E-state index contributed by atoms with van der Waals surface area (Å²) in [5, 5.41) is 23.4. The first kappa shape index (κ1) is 23.0. The van der Waals surface area contributed by atoms with E-state index in [-0.39, 0.29) is 30.3 Å². The summed E-state index contributed by atoms with van der Waals surface area (Å²) in [6.45, 7) is 3.58. The van der Waals surface area contributed by atoms with Crippen molar-refractivity contribution in [3.8, 4) is 17.1 Å². The van der Waals surface area contributed by atoms with E-state index < -0.39 is 0 Å². The van der Waals surface area contributed by atoms with Gasteiger partial charge in [0.25, 0.3) is 0 Å². The summed E-state index contributed by atoms with van der Waals surface area (Å²) >= 11 is 0. The zero-order chi connectivity index (χ0) is 24.4. The fourth-order valence-corrected chi connectivity index (χ4v) is 5.00. The third-order valence-electron chi connectivity index (χ3n) is 6.74. The van der Waals surface area contributed by atoms with Crippen molar-refractivity contribution < 1.29 is 15.0 Å². The van der Waals surface area contributed by atoms with E-state index >= 15 is 0 Å². The molecule has 9 heteroatoms. The van der Waals surface area contributed by atoms with Gasteiger partial charge >= 0.3 is 0 Å². The van der Waals surface area contributed by atoms with E-state index in [1.807, 2.05) is 29.2 Å². The van der Waals surface area contributed by atoms with E-state index in [2.05, 4.69) is 16.3 Å². The number of nitrogens with one attached hydrogen (secondary N) is 1. The van der Waals surface area contributed by atoms with Crippen LogP contribution in [-0.4, -0.2) is 63.4 Å². The van der Waals surface area contributed by atoms with Crippen molar-refractivity contribution >= 4 is 17.8 Å². The number of piperidine rings is 1. The lowest BCUT2D eigenvalue weighted by Crippen LogP contribution is -2.45. The van der Waals surface area contributed by atoms with Gasteiger partial charge in [-0.25, -0.2) is 0 Å². The highest BCUT2D eigenvalue weighted by Crippen LogP contribution is 2.34. The molecule has 0 spiro atoms. The topological polar surface area (TPSA) is 115 Å². The molecule has 1 saturated heterocycles. The fourth-order valence-electron chi connectivity index (χ4n) is 5.00. The van der Waals surface area contributed by atoms with Gasteiger partial charge < -0.3 is 25.3 Å². The molecule has 2 aliphatic heterocycles. The normalized spacial score (nSPS) is 18.3. The maximum Gasteiger partial charge on any atom is 0.231 e. The molecule has 2 aliphatic rings. The van der Waals surface area contributed by atoms with Crippen LogP contribution < -0.4 is 15.1 Å². The first-order chi connectivity index (χ1) is 17.0.